The number of carbonyl (C=O) groups is 1. The van der Waals surface area contributed by atoms with E-state index < -0.39 is 0 Å². The van der Waals surface area contributed by atoms with Crippen molar-refractivity contribution >= 4 is 11.7 Å². The van der Waals surface area contributed by atoms with E-state index in [1.165, 1.54) is 0 Å². The number of hydrogen-bond acceptors (Lipinski definition) is 4. The summed E-state index contributed by atoms with van der Waals surface area (Å²) in [5.74, 6) is 1.88. The summed E-state index contributed by atoms with van der Waals surface area (Å²) in [5, 5.41) is 2.98. The average Bonchev–Trinajstić information content (AvgIpc) is 3.13. The molecule has 1 aliphatic rings. The van der Waals surface area contributed by atoms with Crippen molar-refractivity contribution in [3.8, 4) is 5.75 Å². The molecule has 0 unspecified atom stereocenters. The zero-order chi connectivity index (χ0) is 19.8. The quantitative estimate of drug-likeness (QED) is 0.709. The van der Waals surface area contributed by atoms with Crippen molar-refractivity contribution in [2.24, 2.45) is 0 Å². The maximum absolute atomic E-state index is 12.5. The molecular weight excluding hydrogens is 354 g/mol. The molecule has 1 aliphatic heterocycles. The Kier molecular flexibility index (Phi) is 7.31. The van der Waals surface area contributed by atoms with Gasteiger partial charge in [0, 0.05) is 57.3 Å². The highest BCUT2D eigenvalue weighted by molar-refractivity contribution is 5.89. The van der Waals surface area contributed by atoms with Gasteiger partial charge in [-0.05, 0) is 37.6 Å². The van der Waals surface area contributed by atoms with Gasteiger partial charge in [-0.15, -0.1) is 0 Å². The number of piperazine rings is 1. The summed E-state index contributed by atoms with van der Waals surface area (Å²) >= 11 is 0. The molecular formula is C21H31N5O2. The molecule has 1 aromatic carbocycles. The van der Waals surface area contributed by atoms with Crippen LogP contribution in [0.5, 0.6) is 5.75 Å². The Morgan fingerprint density at radius 1 is 1.14 bits per heavy atom. The molecule has 1 fully saturated rings. The molecule has 2 amide bonds. The van der Waals surface area contributed by atoms with E-state index in [1.54, 1.807) is 0 Å². The summed E-state index contributed by atoms with van der Waals surface area (Å²) in [6, 6.07) is 7.55. The van der Waals surface area contributed by atoms with Crippen LogP contribution in [0.4, 0.5) is 10.5 Å². The van der Waals surface area contributed by atoms with Crippen LogP contribution in [-0.4, -0.2) is 64.7 Å². The van der Waals surface area contributed by atoms with Crippen LogP contribution in [0.2, 0.25) is 0 Å². The molecule has 2 heterocycles. The van der Waals surface area contributed by atoms with Gasteiger partial charge in [0.2, 0.25) is 0 Å². The molecule has 1 saturated heterocycles. The number of amides is 2. The van der Waals surface area contributed by atoms with Crippen LogP contribution in [-0.2, 0) is 6.54 Å². The number of aromatic nitrogens is 2. The molecule has 0 spiro atoms. The Balaban J connectivity index is 1.39. The molecule has 7 nitrogen and oxygen atoms in total. The summed E-state index contributed by atoms with van der Waals surface area (Å²) in [6.45, 7) is 10.1. The van der Waals surface area contributed by atoms with Gasteiger partial charge in [0.05, 0.1) is 6.61 Å². The van der Waals surface area contributed by atoms with Gasteiger partial charge in [-0.25, -0.2) is 9.78 Å². The predicted octanol–water partition coefficient (Wildman–Crippen LogP) is 3.22. The second-order valence-electron chi connectivity index (χ2n) is 7.15. The first-order valence-corrected chi connectivity index (χ1v) is 10.1. The minimum atomic E-state index is -0.0373. The van der Waals surface area contributed by atoms with Gasteiger partial charge >= 0.3 is 6.03 Å². The van der Waals surface area contributed by atoms with E-state index in [1.807, 2.05) is 48.5 Å². The van der Waals surface area contributed by atoms with Crippen LogP contribution in [0.15, 0.2) is 36.7 Å². The fourth-order valence-electron chi connectivity index (χ4n) is 3.24. The number of anilines is 1. The summed E-state index contributed by atoms with van der Waals surface area (Å²) in [5.41, 5.74) is 0.797. The SMILES string of the molecule is CCCCOc1ccc(NC(=O)N2CCN(CCn3ccnc3C)CC2)cc1. The molecule has 1 aromatic heterocycles. The maximum Gasteiger partial charge on any atom is 0.321 e. The van der Waals surface area contributed by atoms with E-state index in [2.05, 4.69) is 26.7 Å². The van der Waals surface area contributed by atoms with E-state index in [0.717, 1.165) is 76.0 Å². The summed E-state index contributed by atoms with van der Waals surface area (Å²) < 4.78 is 7.82. The van der Waals surface area contributed by atoms with Crippen LogP contribution in [0.1, 0.15) is 25.6 Å². The minimum Gasteiger partial charge on any atom is -0.494 e. The third-order valence-electron chi connectivity index (χ3n) is 5.11. The zero-order valence-corrected chi connectivity index (χ0v) is 16.9. The number of hydrogen-bond donors (Lipinski definition) is 1. The number of benzene rings is 1. The van der Waals surface area contributed by atoms with E-state index >= 15 is 0 Å². The fourth-order valence-corrected chi connectivity index (χ4v) is 3.24. The van der Waals surface area contributed by atoms with Crippen LogP contribution >= 0.6 is 0 Å². The molecule has 0 aliphatic carbocycles. The van der Waals surface area contributed by atoms with Crippen molar-refractivity contribution in [2.45, 2.75) is 33.2 Å². The van der Waals surface area contributed by atoms with Gasteiger partial charge in [-0.2, -0.15) is 0 Å². The lowest BCUT2D eigenvalue weighted by molar-refractivity contribution is 0.144. The van der Waals surface area contributed by atoms with Crippen molar-refractivity contribution in [3.63, 3.8) is 0 Å². The maximum atomic E-state index is 12.5. The molecule has 1 N–H and O–H groups in total. The lowest BCUT2D eigenvalue weighted by atomic mass is 10.3. The second-order valence-corrected chi connectivity index (χ2v) is 7.15. The first kappa shape index (κ1) is 20.2. The van der Waals surface area contributed by atoms with Gasteiger partial charge in [0.25, 0.3) is 0 Å². The number of imidazole rings is 1. The third kappa shape index (κ3) is 5.73. The van der Waals surface area contributed by atoms with Crippen molar-refractivity contribution in [1.82, 2.24) is 19.4 Å². The van der Waals surface area contributed by atoms with Gasteiger partial charge in [-0.3, -0.25) is 4.90 Å². The molecule has 7 heteroatoms. The number of aryl methyl sites for hydroxylation is 1. The van der Waals surface area contributed by atoms with Crippen molar-refractivity contribution in [2.75, 3.05) is 44.6 Å². The van der Waals surface area contributed by atoms with Gasteiger partial charge in [-0.1, -0.05) is 13.3 Å². The molecule has 0 saturated carbocycles. The van der Waals surface area contributed by atoms with Crippen LogP contribution in [0.25, 0.3) is 0 Å². The highest BCUT2D eigenvalue weighted by Gasteiger charge is 2.21. The number of ether oxygens (including phenoxy) is 1. The predicted molar refractivity (Wildman–Crippen MR) is 111 cm³/mol. The first-order valence-electron chi connectivity index (χ1n) is 10.1. The van der Waals surface area contributed by atoms with E-state index in [-0.39, 0.29) is 6.03 Å². The first-order chi connectivity index (χ1) is 13.7. The normalized spacial score (nSPS) is 14.9. The number of nitrogens with one attached hydrogen (secondary N) is 1. The number of carbonyl (C=O) groups excluding carboxylic acids is 1. The lowest BCUT2D eigenvalue weighted by Gasteiger charge is -2.34. The molecule has 152 valence electrons. The average molecular weight is 386 g/mol. The summed E-state index contributed by atoms with van der Waals surface area (Å²) in [6.07, 6.45) is 6.01. The van der Waals surface area contributed by atoms with E-state index in [4.69, 9.17) is 4.74 Å². The van der Waals surface area contributed by atoms with E-state index in [0.29, 0.717) is 0 Å². The smallest absolute Gasteiger partial charge is 0.321 e. The Labute approximate surface area is 167 Å². The van der Waals surface area contributed by atoms with Crippen molar-refractivity contribution < 1.29 is 9.53 Å². The topological polar surface area (TPSA) is 62.6 Å². The Hall–Kier alpha value is -2.54. The highest BCUT2D eigenvalue weighted by atomic mass is 16.5. The summed E-state index contributed by atoms with van der Waals surface area (Å²) in [7, 11) is 0. The number of urea groups is 1. The molecule has 0 bridgehead atoms. The molecule has 0 atom stereocenters. The number of unbranched alkanes of at least 4 members (excludes halogenated alkanes) is 1. The van der Waals surface area contributed by atoms with Gasteiger partial charge < -0.3 is 19.5 Å². The molecule has 2 aromatic rings. The second kappa shape index (κ2) is 10.1. The standard InChI is InChI=1S/C21H31N5O2/c1-3-4-17-28-20-7-5-19(6-8-20)23-21(27)26-15-12-24(13-16-26)11-14-25-10-9-22-18(25)2/h5-10H,3-4,11-17H2,1-2H3,(H,23,27). The highest BCUT2D eigenvalue weighted by Crippen LogP contribution is 2.17. The zero-order valence-electron chi connectivity index (χ0n) is 16.9. The molecule has 28 heavy (non-hydrogen) atoms. The van der Waals surface area contributed by atoms with Gasteiger partial charge in [0.1, 0.15) is 11.6 Å². The van der Waals surface area contributed by atoms with Crippen molar-refractivity contribution in [3.05, 3.63) is 42.5 Å². The number of nitrogens with zero attached hydrogens (tertiary/aromatic N) is 4. The monoisotopic (exact) mass is 385 g/mol. The van der Waals surface area contributed by atoms with Gasteiger partial charge in [0.15, 0.2) is 0 Å². The van der Waals surface area contributed by atoms with Crippen LogP contribution in [0.3, 0.4) is 0 Å². The Morgan fingerprint density at radius 3 is 2.54 bits per heavy atom. The fraction of sp³-hybridized carbons (Fsp3) is 0.524. The van der Waals surface area contributed by atoms with Crippen molar-refractivity contribution in [1.29, 1.82) is 0 Å². The van der Waals surface area contributed by atoms with Crippen LogP contribution in [0, 0.1) is 6.92 Å². The largest absolute Gasteiger partial charge is 0.494 e. The van der Waals surface area contributed by atoms with E-state index in [9.17, 15) is 4.79 Å². The summed E-state index contributed by atoms with van der Waals surface area (Å²) in [4.78, 5) is 21.0. The molecule has 0 radical (unpaired) electrons. The lowest BCUT2D eigenvalue weighted by Crippen LogP contribution is -2.50. The third-order valence-corrected chi connectivity index (χ3v) is 5.11. The minimum absolute atomic E-state index is 0.0373. The van der Waals surface area contributed by atoms with Crippen LogP contribution < -0.4 is 10.1 Å². The number of rotatable bonds is 8. The molecule has 3 rings (SSSR count). The Morgan fingerprint density at radius 2 is 1.89 bits per heavy atom. The Bertz CT molecular complexity index is 736.